The number of hydrogen-bond acceptors (Lipinski definition) is 5. The number of benzene rings is 3. The number of anilines is 1. The van der Waals surface area contributed by atoms with E-state index >= 15 is 0 Å². The molecule has 5 heteroatoms. The van der Waals surface area contributed by atoms with Crippen LogP contribution in [-0.2, 0) is 17.7 Å². The van der Waals surface area contributed by atoms with E-state index in [1.165, 1.54) is 5.56 Å². The molecule has 0 fully saturated rings. The van der Waals surface area contributed by atoms with E-state index in [0.29, 0.717) is 13.2 Å². The summed E-state index contributed by atoms with van der Waals surface area (Å²) in [5.74, 6) is 1.58. The van der Waals surface area contributed by atoms with Crippen molar-refractivity contribution >= 4 is 5.69 Å². The quantitative estimate of drug-likeness (QED) is 0.515. The van der Waals surface area contributed by atoms with Crippen molar-refractivity contribution in [1.82, 2.24) is 0 Å². The van der Waals surface area contributed by atoms with Crippen LogP contribution < -0.4 is 14.8 Å². The van der Waals surface area contributed by atoms with Crippen LogP contribution in [0.3, 0.4) is 0 Å². The maximum Gasteiger partial charge on any atom is 0.132 e. The Morgan fingerprint density at radius 2 is 1.75 bits per heavy atom. The van der Waals surface area contributed by atoms with Gasteiger partial charge in [-0.15, -0.1) is 0 Å². The minimum absolute atomic E-state index is 0.462. The number of ether oxygens (including phenoxy) is 3. The molecule has 5 nitrogen and oxygen atoms in total. The molecule has 32 heavy (non-hydrogen) atoms. The minimum Gasteiger partial charge on any atom is -0.497 e. The van der Waals surface area contributed by atoms with Gasteiger partial charge in [0, 0.05) is 17.8 Å². The lowest BCUT2D eigenvalue weighted by molar-refractivity contribution is -0.134. The molecule has 168 valence electrons. The number of hydrogen-bond donors (Lipinski definition) is 2. The number of fused-ring (bicyclic) bond motifs is 1. The molecule has 1 aliphatic rings. The van der Waals surface area contributed by atoms with Crippen LogP contribution in [0.15, 0.2) is 72.8 Å². The summed E-state index contributed by atoms with van der Waals surface area (Å²) in [5, 5.41) is 14.5. The Morgan fingerprint density at radius 1 is 0.969 bits per heavy atom. The van der Waals surface area contributed by atoms with E-state index in [0.717, 1.165) is 34.7 Å². The summed E-state index contributed by atoms with van der Waals surface area (Å²) in [5.41, 5.74) is 3.40. The van der Waals surface area contributed by atoms with Gasteiger partial charge in [0.25, 0.3) is 0 Å². The van der Waals surface area contributed by atoms with E-state index < -0.39 is 17.8 Å². The Kier molecular flexibility index (Phi) is 6.68. The highest BCUT2D eigenvalue weighted by atomic mass is 16.5. The van der Waals surface area contributed by atoms with Crippen LogP contribution in [0.2, 0.25) is 0 Å². The molecule has 0 bridgehead atoms. The molecule has 0 radical (unpaired) electrons. The van der Waals surface area contributed by atoms with Crippen LogP contribution in [0.1, 0.15) is 36.6 Å². The van der Waals surface area contributed by atoms with Crippen molar-refractivity contribution in [3.05, 3.63) is 89.5 Å². The first-order valence-electron chi connectivity index (χ1n) is 11.0. The first-order chi connectivity index (χ1) is 15.5. The van der Waals surface area contributed by atoms with E-state index in [-0.39, 0.29) is 0 Å². The lowest BCUT2D eigenvalue weighted by Crippen LogP contribution is -2.49. The van der Waals surface area contributed by atoms with Crippen molar-refractivity contribution < 1.29 is 19.3 Å². The second-order valence-corrected chi connectivity index (χ2v) is 8.64. The van der Waals surface area contributed by atoms with Gasteiger partial charge in [-0.1, -0.05) is 42.5 Å². The van der Waals surface area contributed by atoms with E-state index in [2.05, 4.69) is 23.5 Å². The summed E-state index contributed by atoms with van der Waals surface area (Å²) in [6.07, 6.45) is -0.454. The lowest BCUT2D eigenvalue weighted by atomic mass is 9.88. The standard InChI is InChI=1S/C27H31NO4/c1-27(2)26(29)25(31-15-14-19-8-5-4-6-9-19)23-17-21(12-13-24(23)32-27)28-18-20-10-7-11-22(16-20)30-3/h4-13,16-17,25-26,28-29H,14-15,18H2,1-3H3/t25-,26+/m1/s1. The van der Waals surface area contributed by atoms with Crippen molar-refractivity contribution in [2.45, 2.75) is 44.6 Å². The van der Waals surface area contributed by atoms with Crippen molar-refractivity contribution in [2.75, 3.05) is 19.0 Å². The molecule has 0 amide bonds. The molecule has 4 rings (SSSR count). The van der Waals surface area contributed by atoms with Crippen LogP contribution in [0, 0.1) is 0 Å². The third-order valence-electron chi connectivity index (χ3n) is 5.85. The van der Waals surface area contributed by atoms with Gasteiger partial charge in [0.15, 0.2) is 0 Å². The number of methoxy groups -OCH3 is 1. The zero-order valence-corrected chi connectivity index (χ0v) is 18.9. The molecule has 2 atom stereocenters. The van der Waals surface area contributed by atoms with E-state index in [1.807, 2.05) is 68.4 Å². The average molecular weight is 434 g/mol. The SMILES string of the molecule is COc1cccc(CNc2ccc3c(c2)[C@@H](OCCc2ccccc2)[C@H](O)C(C)(C)O3)c1. The second kappa shape index (κ2) is 9.63. The first-order valence-corrected chi connectivity index (χ1v) is 11.0. The smallest absolute Gasteiger partial charge is 0.132 e. The van der Waals surface area contributed by atoms with Crippen LogP contribution in [0.4, 0.5) is 5.69 Å². The highest BCUT2D eigenvalue weighted by Gasteiger charge is 2.43. The Balaban J connectivity index is 1.50. The molecule has 3 aromatic rings. The molecule has 0 spiro atoms. The molecule has 3 aromatic carbocycles. The zero-order valence-electron chi connectivity index (χ0n) is 18.9. The van der Waals surface area contributed by atoms with Gasteiger partial charge in [-0.05, 0) is 61.7 Å². The normalized spacial score (nSPS) is 19.0. The van der Waals surface area contributed by atoms with Crippen molar-refractivity contribution in [1.29, 1.82) is 0 Å². The Bertz CT molecular complexity index is 1030. The summed E-state index contributed by atoms with van der Waals surface area (Å²) in [7, 11) is 1.67. The monoisotopic (exact) mass is 433 g/mol. The van der Waals surface area contributed by atoms with Crippen molar-refractivity contribution in [2.24, 2.45) is 0 Å². The fourth-order valence-electron chi connectivity index (χ4n) is 3.97. The van der Waals surface area contributed by atoms with Crippen LogP contribution in [-0.4, -0.2) is 30.5 Å². The van der Waals surface area contributed by atoms with Crippen LogP contribution >= 0.6 is 0 Å². The summed E-state index contributed by atoms with van der Waals surface area (Å²) in [6.45, 7) is 4.96. The van der Waals surface area contributed by atoms with Gasteiger partial charge >= 0.3 is 0 Å². The third-order valence-corrected chi connectivity index (χ3v) is 5.85. The van der Waals surface area contributed by atoms with E-state index in [4.69, 9.17) is 14.2 Å². The van der Waals surface area contributed by atoms with Crippen LogP contribution in [0.5, 0.6) is 11.5 Å². The molecule has 1 aliphatic heterocycles. The predicted octanol–water partition coefficient (Wildman–Crippen LogP) is 5.14. The number of aliphatic hydroxyl groups excluding tert-OH is 1. The van der Waals surface area contributed by atoms with Gasteiger partial charge in [0.1, 0.15) is 29.3 Å². The molecule has 0 aromatic heterocycles. The summed E-state index contributed by atoms with van der Waals surface area (Å²) in [6, 6.07) is 24.2. The number of aliphatic hydroxyl groups is 1. The molecule has 0 saturated carbocycles. The minimum atomic E-state index is -0.778. The topological polar surface area (TPSA) is 60.0 Å². The van der Waals surface area contributed by atoms with E-state index in [9.17, 15) is 5.11 Å². The molecule has 1 heterocycles. The third kappa shape index (κ3) is 5.06. The Morgan fingerprint density at radius 3 is 2.53 bits per heavy atom. The van der Waals surface area contributed by atoms with Gasteiger partial charge in [-0.25, -0.2) is 0 Å². The summed E-state index contributed by atoms with van der Waals surface area (Å²) in [4.78, 5) is 0. The number of rotatable bonds is 8. The largest absolute Gasteiger partial charge is 0.497 e. The molecular weight excluding hydrogens is 402 g/mol. The van der Waals surface area contributed by atoms with E-state index in [1.54, 1.807) is 7.11 Å². The van der Waals surface area contributed by atoms with Gasteiger partial charge in [0.2, 0.25) is 0 Å². The number of nitrogens with one attached hydrogen (secondary N) is 1. The highest BCUT2D eigenvalue weighted by Crippen LogP contribution is 2.43. The van der Waals surface area contributed by atoms with Gasteiger partial charge in [-0.3, -0.25) is 0 Å². The lowest BCUT2D eigenvalue weighted by Gasteiger charge is -2.42. The van der Waals surface area contributed by atoms with Crippen molar-refractivity contribution in [3.8, 4) is 11.5 Å². The fourth-order valence-corrected chi connectivity index (χ4v) is 3.97. The maximum absolute atomic E-state index is 11.0. The molecule has 0 aliphatic carbocycles. The predicted molar refractivity (Wildman–Crippen MR) is 126 cm³/mol. The summed E-state index contributed by atoms with van der Waals surface area (Å²) >= 11 is 0. The second-order valence-electron chi connectivity index (χ2n) is 8.64. The molecular formula is C27H31NO4. The fraction of sp³-hybridized carbons (Fsp3) is 0.333. The molecule has 2 N–H and O–H groups in total. The Labute approximate surface area is 190 Å². The molecule has 0 unspecified atom stereocenters. The van der Waals surface area contributed by atoms with Crippen molar-refractivity contribution in [3.63, 3.8) is 0 Å². The first kappa shape index (κ1) is 22.2. The summed E-state index contributed by atoms with van der Waals surface area (Å²) < 4.78 is 17.6. The highest BCUT2D eigenvalue weighted by molar-refractivity contribution is 5.54. The molecule has 0 saturated heterocycles. The Hall–Kier alpha value is -3.02. The van der Waals surface area contributed by atoms with Gasteiger partial charge < -0.3 is 24.6 Å². The zero-order chi connectivity index (χ0) is 22.6. The van der Waals surface area contributed by atoms with Gasteiger partial charge in [-0.2, -0.15) is 0 Å². The van der Waals surface area contributed by atoms with Gasteiger partial charge in [0.05, 0.1) is 13.7 Å². The average Bonchev–Trinajstić information content (AvgIpc) is 2.81. The maximum atomic E-state index is 11.0. The van der Waals surface area contributed by atoms with Crippen LogP contribution in [0.25, 0.3) is 0 Å².